The van der Waals surface area contributed by atoms with Gasteiger partial charge in [-0.25, -0.2) is 9.83 Å². The predicted octanol–water partition coefficient (Wildman–Crippen LogP) is 3.35. The Morgan fingerprint density at radius 1 is 1.09 bits per heavy atom. The third-order valence-corrected chi connectivity index (χ3v) is 3.60. The fourth-order valence-corrected chi connectivity index (χ4v) is 2.60. The molecule has 5 nitrogen and oxygen atoms in total. The molecular weight excluding hydrogens is 276 g/mol. The maximum Gasteiger partial charge on any atom is 0.258 e. The van der Waals surface area contributed by atoms with Gasteiger partial charge in [-0.1, -0.05) is 30.3 Å². The number of nitrogens with zero attached hydrogens (tertiary/aromatic N) is 3. The van der Waals surface area contributed by atoms with Crippen LogP contribution in [0, 0.1) is 6.57 Å². The van der Waals surface area contributed by atoms with Crippen LogP contribution in [0.25, 0.3) is 33.0 Å². The largest absolute Gasteiger partial charge is 0.321 e. The molecule has 2 aromatic rings. The first-order valence-corrected chi connectivity index (χ1v) is 6.74. The van der Waals surface area contributed by atoms with E-state index in [4.69, 9.17) is 6.57 Å². The van der Waals surface area contributed by atoms with Crippen molar-refractivity contribution in [3.63, 3.8) is 0 Å². The molecule has 1 aliphatic heterocycles. The fraction of sp³-hybridized carbons (Fsp3) is 0. The molecule has 0 spiro atoms. The van der Waals surface area contributed by atoms with Gasteiger partial charge in [-0.15, -0.1) is 0 Å². The monoisotopic (exact) mass is 286 g/mol. The first-order valence-electron chi connectivity index (χ1n) is 6.74. The molecule has 0 amide bonds. The molecule has 0 unspecified atom stereocenters. The van der Waals surface area contributed by atoms with Gasteiger partial charge in [0.1, 0.15) is 5.65 Å². The Hall–Kier alpha value is -3.39. The van der Waals surface area contributed by atoms with Crippen molar-refractivity contribution in [2.75, 3.05) is 0 Å². The minimum absolute atomic E-state index is 0.157. The van der Waals surface area contributed by atoms with Gasteiger partial charge in [0, 0.05) is 23.7 Å². The van der Waals surface area contributed by atoms with E-state index in [-0.39, 0.29) is 5.56 Å². The van der Waals surface area contributed by atoms with Crippen LogP contribution in [-0.2, 0) is 0 Å². The van der Waals surface area contributed by atoms with Crippen LogP contribution < -0.4 is 5.56 Å². The Balaban J connectivity index is 1.99. The summed E-state index contributed by atoms with van der Waals surface area (Å²) < 4.78 is 1.77. The van der Waals surface area contributed by atoms with Crippen LogP contribution in [0.5, 0.6) is 0 Å². The number of aromatic amines is 1. The van der Waals surface area contributed by atoms with Gasteiger partial charge in [0.15, 0.2) is 0 Å². The lowest BCUT2D eigenvalue weighted by atomic mass is 10.1. The summed E-state index contributed by atoms with van der Waals surface area (Å²) in [6.45, 7) is 7.06. The minimum Gasteiger partial charge on any atom is -0.321 e. The molecule has 0 fully saturated rings. The molecule has 0 radical (unpaired) electrons. The van der Waals surface area contributed by atoms with Crippen molar-refractivity contribution in [3.8, 4) is 22.5 Å². The van der Waals surface area contributed by atoms with Crippen LogP contribution >= 0.6 is 0 Å². The minimum atomic E-state index is -0.157. The lowest BCUT2D eigenvalue weighted by Gasteiger charge is -1.94. The van der Waals surface area contributed by atoms with Crippen LogP contribution in [0.3, 0.4) is 0 Å². The second-order valence-electron chi connectivity index (χ2n) is 4.96. The number of hydrogen-bond donors (Lipinski definition) is 1. The summed E-state index contributed by atoms with van der Waals surface area (Å²) in [5.41, 5.74) is 3.85. The average molecular weight is 286 g/mol. The summed E-state index contributed by atoms with van der Waals surface area (Å²) in [6.07, 6.45) is 3.49. The summed E-state index contributed by atoms with van der Waals surface area (Å²) in [4.78, 5) is 23.1. The molecule has 5 heteroatoms. The van der Waals surface area contributed by atoms with Crippen molar-refractivity contribution in [3.05, 3.63) is 76.6 Å². The zero-order chi connectivity index (χ0) is 15.1. The van der Waals surface area contributed by atoms with E-state index in [1.807, 2.05) is 30.3 Å². The molecule has 0 aromatic carbocycles. The van der Waals surface area contributed by atoms with Gasteiger partial charge >= 0.3 is 0 Å². The quantitative estimate of drug-likeness (QED) is 0.546. The second kappa shape index (κ2) is 4.57. The van der Waals surface area contributed by atoms with Crippen molar-refractivity contribution in [1.29, 1.82) is 0 Å². The SMILES string of the molecule is [C-]#[N+]c1ccc2nc(-c3c4cccccc-4[nH]c3=O)cn2c1. The van der Waals surface area contributed by atoms with Gasteiger partial charge in [-0.05, 0) is 12.1 Å². The summed E-state index contributed by atoms with van der Waals surface area (Å²) >= 11 is 0. The molecule has 1 aliphatic carbocycles. The van der Waals surface area contributed by atoms with E-state index in [9.17, 15) is 4.79 Å². The summed E-state index contributed by atoms with van der Waals surface area (Å²) in [6, 6.07) is 12.9. The maximum absolute atomic E-state index is 12.3. The number of hydrogen-bond acceptors (Lipinski definition) is 2. The van der Waals surface area contributed by atoms with E-state index in [0.29, 0.717) is 22.6 Å². The van der Waals surface area contributed by atoms with E-state index in [2.05, 4.69) is 14.8 Å². The van der Waals surface area contributed by atoms with E-state index < -0.39 is 0 Å². The number of nitrogens with one attached hydrogen (secondary N) is 1. The normalized spacial score (nSPS) is 10.9. The molecule has 3 heterocycles. The lowest BCUT2D eigenvalue weighted by molar-refractivity contribution is 1.19. The summed E-state index contributed by atoms with van der Waals surface area (Å²) in [5, 5.41) is 0. The van der Waals surface area contributed by atoms with Crippen molar-refractivity contribution < 1.29 is 0 Å². The molecule has 0 bridgehead atoms. The lowest BCUT2D eigenvalue weighted by Crippen LogP contribution is -2.00. The first kappa shape index (κ1) is 12.4. The predicted molar refractivity (Wildman–Crippen MR) is 84.1 cm³/mol. The molecule has 1 N–H and O–H groups in total. The molecule has 22 heavy (non-hydrogen) atoms. The number of rotatable bonds is 1. The Kier molecular flexibility index (Phi) is 2.57. The molecule has 0 saturated carbocycles. The van der Waals surface area contributed by atoms with Gasteiger partial charge in [0.2, 0.25) is 5.69 Å². The van der Waals surface area contributed by atoms with E-state index >= 15 is 0 Å². The zero-order valence-electron chi connectivity index (χ0n) is 11.4. The third-order valence-electron chi connectivity index (χ3n) is 3.60. The van der Waals surface area contributed by atoms with Crippen molar-refractivity contribution >= 4 is 11.3 Å². The number of aromatic nitrogens is 3. The second-order valence-corrected chi connectivity index (χ2v) is 4.96. The molecule has 0 atom stereocenters. The van der Waals surface area contributed by atoms with Crippen LogP contribution in [0.1, 0.15) is 0 Å². The number of imidazole rings is 1. The van der Waals surface area contributed by atoms with Crippen molar-refractivity contribution in [2.24, 2.45) is 0 Å². The number of fused-ring (bicyclic) bond motifs is 2. The Bertz CT molecular complexity index is 1070. The highest BCUT2D eigenvalue weighted by Crippen LogP contribution is 2.29. The molecule has 4 rings (SSSR count). The van der Waals surface area contributed by atoms with Crippen LogP contribution in [-0.4, -0.2) is 14.4 Å². The highest BCUT2D eigenvalue weighted by atomic mass is 16.1. The van der Waals surface area contributed by atoms with Crippen molar-refractivity contribution in [1.82, 2.24) is 14.4 Å². The molecule has 0 saturated heterocycles. The van der Waals surface area contributed by atoms with Crippen LogP contribution in [0.4, 0.5) is 5.69 Å². The van der Waals surface area contributed by atoms with E-state index in [1.165, 1.54) is 0 Å². The smallest absolute Gasteiger partial charge is 0.258 e. The van der Waals surface area contributed by atoms with Gasteiger partial charge in [0.05, 0.1) is 17.8 Å². The Morgan fingerprint density at radius 3 is 2.82 bits per heavy atom. The van der Waals surface area contributed by atoms with Gasteiger partial charge in [-0.3, -0.25) is 4.79 Å². The summed E-state index contributed by atoms with van der Waals surface area (Å²) in [7, 11) is 0. The summed E-state index contributed by atoms with van der Waals surface area (Å²) in [5.74, 6) is 0. The standard InChI is InChI=1S/C17H10N4O/c1-18-11-7-8-15-19-14(10-21(15)9-11)16-12-5-3-2-4-6-13(12)20-17(16)22/h2-10H,(H,20,22). The van der Waals surface area contributed by atoms with E-state index in [0.717, 1.165) is 11.3 Å². The molecular formula is C17H10N4O. The highest BCUT2D eigenvalue weighted by Gasteiger charge is 2.18. The zero-order valence-corrected chi connectivity index (χ0v) is 11.4. The molecule has 2 aliphatic rings. The number of H-pyrrole nitrogens is 1. The highest BCUT2D eigenvalue weighted by molar-refractivity contribution is 5.82. The fourth-order valence-electron chi connectivity index (χ4n) is 2.60. The van der Waals surface area contributed by atoms with Crippen LogP contribution in [0.2, 0.25) is 0 Å². The number of pyridine rings is 1. The topological polar surface area (TPSA) is 54.5 Å². The first-order chi connectivity index (χ1) is 10.8. The Morgan fingerprint density at radius 2 is 1.95 bits per heavy atom. The van der Waals surface area contributed by atoms with Gasteiger partial charge in [0.25, 0.3) is 5.56 Å². The van der Waals surface area contributed by atoms with E-state index in [1.54, 1.807) is 28.9 Å². The average Bonchev–Trinajstić information content (AvgIpc) is 2.98. The molecule has 104 valence electrons. The van der Waals surface area contributed by atoms with Crippen LogP contribution in [0.15, 0.2) is 59.7 Å². The van der Waals surface area contributed by atoms with Gasteiger partial charge < -0.3 is 9.38 Å². The Labute approximate surface area is 125 Å². The third kappa shape index (κ3) is 1.79. The van der Waals surface area contributed by atoms with Gasteiger partial charge in [-0.2, -0.15) is 0 Å². The molecule has 2 aromatic heterocycles. The maximum atomic E-state index is 12.3. The van der Waals surface area contributed by atoms with Crippen molar-refractivity contribution in [2.45, 2.75) is 0 Å².